The SMILES string of the molecule is Cc1c(C(=O)O)cc(-c2ccccc2NCc2ccccc2)cc1C(=O)O. The van der Waals surface area contributed by atoms with Gasteiger partial charge in [-0.05, 0) is 41.8 Å². The van der Waals surface area contributed by atoms with Crippen LogP contribution >= 0.6 is 0 Å². The zero-order valence-corrected chi connectivity index (χ0v) is 14.8. The van der Waals surface area contributed by atoms with Gasteiger partial charge < -0.3 is 15.5 Å². The molecule has 5 heteroatoms. The fourth-order valence-corrected chi connectivity index (χ4v) is 3.00. The first-order valence-corrected chi connectivity index (χ1v) is 8.46. The lowest BCUT2D eigenvalue weighted by molar-refractivity contribution is 0.0696. The molecule has 0 saturated carbocycles. The Morgan fingerprint density at radius 1 is 0.852 bits per heavy atom. The summed E-state index contributed by atoms with van der Waals surface area (Å²) in [6, 6.07) is 20.4. The first kappa shape index (κ1) is 18.2. The van der Waals surface area contributed by atoms with E-state index in [1.807, 2.05) is 54.6 Å². The summed E-state index contributed by atoms with van der Waals surface area (Å²) in [6.07, 6.45) is 0. The van der Waals surface area contributed by atoms with Gasteiger partial charge in [0, 0.05) is 17.8 Å². The van der Waals surface area contributed by atoms with E-state index in [1.54, 1.807) is 0 Å². The van der Waals surface area contributed by atoms with Gasteiger partial charge in [0.2, 0.25) is 0 Å². The average Bonchev–Trinajstić information content (AvgIpc) is 2.67. The summed E-state index contributed by atoms with van der Waals surface area (Å²) in [7, 11) is 0. The average molecular weight is 361 g/mol. The number of rotatable bonds is 6. The molecule has 0 aromatic heterocycles. The minimum absolute atomic E-state index is 0.0113. The van der Waals surface area contributed by atoms with Crippen LogP contribution in [0.1, 0.15) is 31.8 Å². The second-order valence-electron chi connectivity index (χ2n) is 6.19. The van der Waals surface area contributed by atoms with Crippen LogP contribution in [0, 0.1) is 6.92 Å². The van der Waals surface area contributed by atoms with E-state index in [9.17, 15) is 19.8 Å². The van der Waals surface area contributed by atoms with E-state index in [0.29, 0.717) is 12.1 Å². The molecule has 0 aliphatic rings. The van der Waals surface area contributed by atoms with E-state index >= 15 is 0 Å². The Labute approximate surface area is 156 Å². The highest BCUT2D eigenvalue weighted by Gasteiger charge is 2.18. The van der Waals surface area contributed by atoms with Gasteiger partial charge in [0.05, 0.1) is 11.1 Å². The van der Waals surface area contributed by atoms with E-state index < -0.39 is 11.9 Å². The van der Waals surface area contributed by atoms with Gasteiger partial charge in [0.1, 0.15) is 0 Å². The van der Waals surface area contributed by atoms with Gasteiger partial charge in [0.15, 0.2) is 0 Å². The second kappa shape index (κ2) is 7.74. The Bertz CT molecular complexity index is 961. The number of carbonyl (C=O) groups is 2. The molecule has 0 spiro atoms. The van der Waals surface area contributed by atoms with E-state index in [1.165, 1.54) is 19.1 Å². The quantitative estimate of drug-likeness (QED) is 0.594. The third-order valence-corrected chi connectivity index (χ3v) is 4.43. The predicted octanol–water partition coefficient (Wildman–Crippen LogP) is 4.67. The molecule has 5 nitrogen and oxygen atoms in total. The third kappa shape index (κ3) is 3.98. The molecule has 3 N–H and O–H groups in total. The summed E-state index contributed by atoms with van der Waals surface area (Å²) >= 11 is 0. The molecule has 3 rings (SSSR count). The molecule has 3 aromatic rings. The first-order valence-electron chi connectivity index (χ1n) is 8.46. The predicted molar refractivity (Wildman–Crippen MR) is 104 cm³/mol. The van der Waals surface area contributed by atoms with Gasteiger partial charge in [-0.1, -0.05) is 48.5 Å². The van der Waals surface area contributed by atoms with E-state index in [-0.39, 0.29) is 16.7 Å². The van der Waals surface area contributed by atoms with Gasteiger partial charge in [0.25, 0.3) is 0 Å². The number of carboxylic acids is 2. The largest absolute Gasteiger partial charge is 0.478 e. The number of anilines is 1. The van der Waals surface area contributed by atoms with Crippen molar-refractivity contribution < 1.29 is 19.8 Å². The fraction of sp³-hybridized carbons (Fsp3) is 0.0909. The zero-order valence-electron chi connectivity index (χ0n) is 14.8. The molecule has 0 amide bonds. The van der Waals surface area contributed by atoms with E-state index in [0.717, 1.165) is 16.8 Å². The van der Waals surface area contributed by atoms with Crippen LogP contribution in [-0.4, -0.2) is 22.2 Å². The van der Waals surface area contributed by atoms with E-state index in [4.69, 9.17) is 0 Å². The fourth-order valence-electron chi connectivity index (χ4n) is 3.00. The summed E-state index contributed by atoms with van der Waals surface area (Å²) in [6.45, 7) is 2.11. The van der Waals surface area contributed by atoms with Crippen molar-refractivity contribution in [2.75, 3.05) is 5.32 Å². The van der Waals surface area contributed by atoms with Crippen LogP contribution in [-0.2, 0) is 6.54 Å². The van der Waals surface area contributed by atoms with Crippen LogP contribution in [0.15, 0.2) is 66.7 Å². The van der Waals surface area contributed by atoms with Gasteiger partial charge in [-0.25, -0.2) is 9.59 Å². The number of aromatic carboxylic acids is 2. The lowest BCUT2D eigenvalue weighted by Crippen LogP contribution is -2.08. The molecule has 0 radical (unpaired) electrons. The second-order valence-corrected chi connectivity index (χ2v) is 6.19. The topological polar surface area (TPSA) is 86.6 Å². The van der Waals surface area contributed by atoms with Crippen LogP contribution in [0.25, 0.3) is 11.1 Å². The van der Waals surface area contributed by atoms with Crippen molar-refractivity contribution in [2.24, 2.45) is 0 Å². The van der Waals surface area contributed by atoms with E-state index in [2.05, 4.69) is 5.32 Å². The molecular weight excluding hydrogens is 342 g/mol. The molecule has 0 bridgehead atoms. The number of hydrogen-bond donors (Lipinski definition) is 3. The van der Waals surface area contributed by atoms with Crippen molar-refractivity contribution in [3.8, 4) is 11.1 Å². The standard InChI is InChI=1S/C22H19NO4/c1-14-18(21(24)25)11-16(12-19(14)22(26)27)17-9-5-6-10-20(17)23-13-15-7-3-2-4-8-15/h2-12,23H,13H2,1H3,(H,24,25)(H,26,27). The lowest BCUT2D eigenvalue weighted by Gasteiger charge is -2.15. The van der Waals surface area contributed by atoms with Gasteiger partial charge in [-0.15, -0.1) is 0 Å². The van der Waals surface area contributed by atoms with Crippen LogP contribution in [0.2, 0.25) is 0 Å². The maximum atomic E-state index is 11.6. The Hall–Kier alpha value is -3.60. The number of hydrogen-bond acceptors (Lipinski definition) is 3. The molecule has 0 aliphatic carbocycles. The van der Waals surface area contributed by atoms with Crippen LogP contribution < -0.4 is 5.32 Å². The number of carboxylic acid groups (broad SMARTS) is 2. The third-order valence-electron chi connectivity index (χ3n) is 4.43. The summed E-state index contributed by atoms with van der Waals surface area (Å²) in [4.78, 5) is 23.1. The van der Waals surface area contributed by atoms with Crippen molar-refractivity contribution in [1.82, 2.24) is 0 Å². The van der Waals surface area contributed by atoms with Crippen molar-refractivity contribution in [3.05, 3.63) is 89.0 Å². The highest BCUT2D eigenvalue weighted by molar-refractivity contribution is 5.99. The van der Waals surface area contributed by atoms with Gasteiger partial charge in [-0.3, -0.25) is 0 Å². The monoisotopic (exact) mass is 361 g/mol. The van der Waals surface area contributed by atoms with Crippen molar-refractivity contribution in [3.63, 3.8) is 0 Å². The summed E-state index contributed by atoms with van der Waals surface area (Å²) in [5.74, 6) is -2.29. The smallest absolute Gasteiger partial charge is 0.335 e. The molecule has 27 heavy (non-hydrogen) atoms. The molecule has 136 valence electrons. The van der Waals surface area contributed by atoms with Crippen LogP contribution in [0.4, 0.5) is 5.69 Å². The summed E-state index contributed by atoms with van der Waals surface area (Å²) in [5.41, 5.74) is 3.43. The minimum atomic E-state index is -1.15. The number of nitrogens with one attached hydrogen (secondary N) is 1. The Balaban J connectivity index is 2.04. The molecule has 0 heterocycles. The molecule has 0 fully saturated rings. The molecule has 3 aromatic carbocycles. The minimum Gasteiger partial charge on any atom is -0.478 e. The molecule has 0 unspecified atom stereocenters. The number of benzene rings is 3. The summed E-state index contributed by atoms with van der Waals surface area (Å²) in [5, 5.41) is 22.3. The Morgan fingerprint density at radius 3 is 2.00 bits per heavy atom. The normalized spacial score (nSPS) is 10.4. The van der Waals surface area contributed by atoms with Crippen LogP contribution in [0.5, 0.6) is 0 Å². The van der Waals surface area contributed by atoms with Crippen LogP contribution in [0.3, 0.4) is 0 Å². The molecule has 0 atom stereocenters. The van der Waals surface area contributed by atoms with Crippen molar-refractivity contribution >= 4 is 17.6 Å². The Morgan fingerprint density at radius 2 is 1.41 bits per heavy atom. The maximum absolute atomic E-state index is 11.6. The molecular formula is C22H19NO4. The number of para-hydroxylation sites is 1. The highest BCUT2D eigenvalue weighted by Crippen LogP contribution is 2.31. The first-order chi connectivity index (χ1) is 13.0. The maximum Gasteiger partial charge on any atom is 0.335 e. The Kier molecular flexibility index (Phi) is 5.22. The van der Waals surface area contributed by atoms with Crippen molar-refractivity contribution in [2.45, 2.75) is 13.5 Å². The highest BCUT2D eigenvalue weighted by atomic mass is 16.4. The van der Waals surface area contributed by atoms with Crippen molar-refractivity contribution in [1.29, 1.82) is 0 Å². The lowest BCUT2D eigenvalue weighted by atomic mass is 9.94. The molecule has 0 aliphatic heterocycles. The van der Waals surface area contributed by atoms with Gasteiger partial charge >= 0.3 is 11.9 Å². The molecule has 0 saturated heterocycles. The van der Waals surface area contributed by atoms with Gasteiger partial charge in [-0.2, -0.15) is 0 Å². The summed E-state index contributed by atoms with van der Waals surface area (Å²) < 4.78 is 0. The zero-order chi connectivity index (χ0) is 19.4.